The third kappa shape index (κ3) is 0.660. The first-order chi connectivity index (χ1) is 5.77. The minimum Gasteiger partial charge on any atom is -0.299 e. The molecule has 2 bridgehead atoms. The Kier molecular flexibility index (Phi) is 1.43. The van der Waals surface area contributed by atoms with E-state index in [1.54, 1.807) is 0 Å². The average Bonchev–Trinajstić information content (AvgIpc) is 2.28. The molecule has 1 heteroatoms. The fourth-order valence-electron chi connectivity index (χ4n) is 3.72. The van der Waals surface area contributed by atoms with E-state index in [0.717, 1.165) is 6.42 Å². The number of ketones is 1. The Hall–Kier alpha value is -0.330. The molecular formula is C12H20O. The Morgan fingerprint density at radius 3 is 1.92 bits per heavy atom. The van der Waals surface area contributed by atoms with E-state index in [0.29, 0.717) is 5.78 Å². The van der Waals surface area contributed by atoms with Crippen molar-refractivity contribution in [1.29, 1.82) is 0 Å². The maximum Gasteiger partial charge on any atom is 0.142 e. The Morgan fingerprint density at radius 1 is 1.15 bits per heavy atom. The van der Waals surface area contributed by atoms with Gasteiger partial charge in [0.15, 0.2) is 0 Å². The van der Waals surface area contributed by atoms with Crippen molar-refractivity contribution in [3.05, 3.63) is 0 Å². The second-order valence-electron chi connectivity index (χ2n) is 5.96. The van der Waals surface area contributed by atoms with Crippen molar-refractivity contribution < 1.29 is 4.79 Å². The van der Waals surface area contributed by atoms with Gasteiger partial charge >= 0.3 is 0 Å². The molecule has 2 saturated carbocycles. The zero-order valence-corrected chi connectivity index (χ0v) is 9.40. The van der Waals surface area contributed by atoms with Gasteiger partial charge in [0.25, 0.3) is 0 Å². The van der Waals surface area contributed by atoms with E-state index in [2.05, 4.69) is 34.6 Å². The monoisotopic (exact) mass is 180 g/mol. The number of carbonyl (C=O) groups excluding carboxylic acids is 1. The van der Waals surface area contributed by atoms with Crippen molar-refractivity contribution in [3.8, 4) is 0 Å². The summed E-state index contributed by atoms with van der Waals surface area (Å²) >= 11 is 0. The van der Waals surface area contributed by atoms with Crippen molar-refractivity contribution in [2.45, 2.75) is 47.5 Å². The Labute approximate surface area is 80.9 Å². The van der Waals surface area contributed by atoms with Crippen LogP contribution in [0.5, 0.6) is 0 Å². The molecule has 2 rings (SSSR count). The van der Waals surface area contributed by atoms with E-state index in [1.165, 1.54) is 6.42 Å². The summed E-state index contributed by atoms with van der Waals surface area (Å²) in [7, 11) is 0. The molecule has 0 aromatic heterocycles. The van der Waals surface area contributed by atoms with Gasteiger partial charge in [0.1, 0.15) is 5.78 Å². The molecule has 0 N–H and O–H groups in total. The predicted octanol–water partition coefficient (Wildman–Crippen LogP) is 3.04. The van der Waals surface area contributed by atoms with Crippen LogP contribution in [0, 0.1) is 22.2 Å². The fraction of sp³-hybridized carbons (Fsp3) is 0.917. The lowest BCUT2D eigenvalue weighted by atomic mass is 9.65. The van der Waals surface area contributed by atoms with Crippen LogP contribution >= 0.6 is 0 Å². The minimum absolute atomic E-state index is 0.0405. The van der Waals surface area contributed by atoms with Crippen LogP contribution in [-0.4, -0.2) is 5.78 Å². The zero-order valence-electron chi connectivity index (χ0n) is 9.40. The summed E-state index contributed by atoms with van der Waals surface area (Å²) in [6, 6.07) is 0. The summed E-state index contributed by atoms with van der Waals surface area (Å²) < 4.78 is 0. The summed E-state index contributed by atoms with van der Waals surface area (Å²) in [5.41, 5.74) is 0.399. The number of Topliss-reactive ketones (excluding diaryl/α,β-unsaturated/α-hetero) is 1. The van der Waals surface area contributed by atoms with Crippen LogP contribution in [0.2, 0.25) is 0 Å². The van der Waals surface area contributed by atoms with E-state index < -0.39 is 0 Å². The van der Waals surface area contributed by atoms with Gasteiger partial charge in [-0.2, -0.15) is 0 Å². The predicted molar refractivity (Wildman–Crippen MR) is 53.4 cm³/mol. The van der Waals surface area contributed by atoms with Gasteiger partial charge in [0.2, 0.25) is 0 Å². The van der Waals surface area contributed by atoms with E-state index in [9.17, 15) is 4.79 Å². The van der Waals surface area contributed by atoms with Crippen molar-refractivity contribution in [2.24, 2.45) is 22.2 Å². The molecule has 2 fully saturated rings. The van der Waals surface area contributed by atoms with Gasteiger partial charge in [-0.15, -0.1) is 0 Å². The SMILES string of the molecule is C[C@H]1C(=O)[C@@]2(C)CC[C@@]1(C)C2(C)C. The van der Waals surface area contributed by atoms with Crippen LogP contribution in [0.4, 0.5) is 0 Å². The fourth-order valence-corrected chi connectivity index (χ4v) is 3.72. The standard InChI is InChI=1S/C12H20O/c1-8-9(13)12(5)7-6-11(8,4)10(12,2)3/h8H,6-7H2,1-5H3/t8-,11+,12+/m0/s1. The first-order valence-corrected chi connectivity index (χ1v) is 5.32. The molecule has 0 aromatic carbocycles. The lowest BCUT2D eigenvalue weighted by Crippen LogP contribution is -2.34. The number of hydrogen-bond acceptors (Lipinski definition) is 1. The first kappa shape index (κ1) is 9.23. The molecule has 0 heterocycles. The Balaban J connectivity index is 2.61. The van der Waals surface area contributed by atoms with E-state index in [1.807, 2.05) is 0 Å². The van der Waals surface area contributed by atoms with Gasteiger partial charge in [-0.25, -0.2) is 0 Å². The van der Waals surface area contributed by atoms with Crippen molar-refractivity contribution >= 4 is 5.78 Å². The van der Waals surface area contributed by atoms with Gasteiger partial charge in [0.05, 0.1) is 0 Å². The molecule has 0 radical (unpaired) electrons. The quantitative estimate of drug-likeness (QED) is 0.560. The van der Waals surface area contributed by atoms with Crippen LogP contribution in [0.1, 0.15) is 47.5 Å². The highest BCUT2D eigenvalue weighted by atomic mass is 16.1. The lowest BCUT2D eigenvalue weighted by molar-refractivity contribution is -0.131. The molecule has 1 nitrogen and oxygen atoms in total. The second kappa shape index (κ2) is 2.02. The summed E-state index contributed by atoms with van der Waals surface area (Å²) in [4.78, 5) is 12.1. The van der Waals surface area contributed by atoms with Gasteiger partial charge < -0.3 is 0 Å². The summed E-state index contributed by atoms with van der Waals surface area (Å²) in [5.74, 6) is 0.771. The van der Waals surface area contributed by atoms with Crippen LogP contribution in [-0.2, 0) is 4.79 Å². The molecule has 74 valence electrons. The van der Waals surface area contributed by atoms with Gasteiger partial charge in [0, 0.05) is 11.3 Å². The summed E-state index contributed by atoms with van der Waals surface area (Å²) in [6.07, 6.45) is 2.32. The number of hydrogen-bond donors (Lipinski definition) is 0. The Morgan fingerprint density at radius 2 is 1.69 bits per heavy atom. The van der Waals surface area contributed by atoms with Gasteiger partial charge in [-0.05, 0) is 23.7 Å². The topological polar surface area (TPSA) is 17.1 Å². The summed E-state index contributed by atoms with van der Waals surface area (Å²) in [5, 5.41) is 0. The number of rotatable bonds is 0. The Bertz CT molecular complexity index is 276. The highest BCUT2D eigenvalue weighted by Crippen LogP contribution is 2.72. The maximum absolute atomic E-state index is 12.1. The molecule has 0 unspecified atom stereocenters. The molecule has 0 aliphatic heterocycles. The molecule has 0 spiro atoms. The van der Waals surface area contributed by atoms with E-state index >= 15 is 0 Å². The van der Waals surface area contributed by atoms with Crippen LogP contribution in [0.3, 0.4) is 0 Å². The summed E-state index contributed by atoms with van der Waals surface area (Å²) in [6.45, 7) is 11.1. The zero-order chi connectivity index (χ0) is 10.1. The molecular weight excluding hydrogens is 160 g/mol. The number of carbonyl (C=O) groups is 1. The van der Waals surface area contributed by atoms with Crippen molar-refractivity contribution in [1.82, 2.24) is 0 Å². The molecule has 3 atom stereocenters. The van der Waals surface area contributed by atoms with E-state index in [4.69, 9.17) is 0 Å². The van der Waals surface area contributed by atoms with Crippen molar-refractivity contribution in [2.75, 3.05) is 0 Å². The largest absolute Gasteiger partial charge is 0.299 e. The molecule has 2 aliphatic rings. The number of fused-ring (bicyclic) bond motifs is 2. The third-order valence-electron chi connectivity index (χ3n) is 5.84. The highest BCUT2D eigenvalue weighted by molar-refractivity contribution is 5.92. The highest BCUT2D eigenvalue weighted by Gasteiger charge is 2.70. The van der Waals surface area contributed by atoms with Crippen molar-refractivity contribution in [3.63, 3.8) is 0 Å². The first-order valence-electron chi connectivity index (χ1n) is 5.32. The van der Waals surface area contributed by atoms with E-state index in [-0.39, 0.29) is 22.2 Å². The minimum atomic E-state index is -0.0405. The lowest BCUT2D eigenvalue weighted by Gasteiger charge is -2.38. The molecule has 2 aliphatic carbocycles. The normalized spacial score (nSPS) is 53.0. The molecule has 0 saturated heterocycles. The van der Waals surface area contributed by atoms with Crippen LogP contribution in [0.25, 0.3) is 0 Å². The van der Waals surface area contributed by atoms with Crippen LogP contribution < -0.4 is 0 Å². The van der Waals surface area contributed by atoms with Gasteiger partial charge in [-0.3, -0.25) is 4.79 Å². The maximum atomic E-state index is 12.1. The van der Waals surface area contributed by atoms with Crippen LogP contribution in [0.15, 0.2) is 0 Å². The smallest absolute Gasteiger partial charge is 0.142 e. The molecule has 13 heavy (non-hydrogen) atoms. The molecule has 0 aromatic rings. The third-order valence-corrected chi connectivity index (χ3v) is 5.84. The average molecular weight is 180 g/mol. The second-order valence-corrected chi connectivity index (χ2v) is 5.96. The van der Waals surface area contributed by atoms with Gasteiger partial charge in [-0.1, -0.05) is 34.6 Å². The molecule has 0 amide bonds.